The van der Waals surface area contributed by atoms with Crippen LogP contribution < -0.4 is 21.5 Å². The van der Waals surface area contributed by atoms with Crippen molar-refractivity contribution in [2.75, 3.05) is 29.6 Å². The van der Waals surface area contributed by atoms with Crippen LogP contribution in [0.4, 0.5) is 16.8 Å². The van der Waals surface area contributed by atoms with Gasteiger partial charge in [0, 0.05) is 6.07 Å². The molecule has 8 nitrogen and oxygen atoms in total. The van der Waals surface area contributed by atoms with E-state index in [1.54, 1.807) is 7.11 Å². The molecule has 124 valence electrons. The van der Waals surface area contributed by atoms with Crippen molar-refractivity contribution in [1.29, 1.82) is 0 Å². The zero-order valence-corrected chi connectivity index (χ0v) is 14.3. The Morgan fingerprint density at radius 2 is 2.00 bits per heavy atom. The largest absolute Gasteiger partial charge is 0.497 e. The second-order valence-corrected chi connectivity index (χ2v) is 6.66. The highest BCUT2D eigenvalue weighted by Gasteiger charge is 2.10. The first kappa shape index (κ1) is 16.3. The number of nitrogens with one attached hydrogen (secondary N) is 1. The van der Waals surface area contributed by atoms with Crippen LogP contribution >= 0.6 is 23.1 Å². The number of benzene rings is 1. The fourth-order valence-corrected chi connectivity index (χ4v) is 3.48. The second-order valence-electron chi connectivity index (χ2n) is 4.69. The van der Waals surface area contributed by atoms with Crippen LogP contribution in [0.2, 0.25) is 0 Å². The van der Waals surface area contributed by atoms with Crippen molar-refractivity contribution >= 4 is 56.0 Å². The van der Waals surface area contributed by atoms with Gasteiger partial charge in [-0.1, -0.05) is 23.1 Å². The van der Waals surface area contributed by atoms with Crippen LogP contribution in [0, 0.1) is 0 Å². The van der Waals surface area contributed by atoms with Crippen molar-refractivity contribution in [2.45, 2.75) is 5.16 Å². The number of anilines is 3. The first-order valence-corrected chi connectivity index (χ1v) is 8.61. The smallest absolute Gasteiger partial charge is 0.236 e. The first-order chi connectivity index (χ1) is 11.5. The number of methoxy groups -OCH3 is 1. The lowest BCUT2D eigenvalue weighted by Gasteiger charge is -2.02. The van der Waals surface area contributed by atoms with E-state index >= 15 is 0 Å². The van der Waals surface area contributed by atoms with Gasteiger partial charge in [0.25, 0.3) is 0 Å². The minimum absolute atomic E-state index is 0.127. The Labute approximate surface area is 145 Å². The molecule has 3 rings (SSSR count). The van der Waals surface area contributed by atoms with E-state index in [1.807, 2.05) is 18.2 Å². The van der Waals surface area contributed by atoms with Gasteiger partial charge in [0.1, 0.15) is 17.4 Å². The molecule has 0 spiro atoms. The van der Waals surface area contributed by atoms with Crippen molar-refractivity contribution in [3.8, 4) is 5.75 Å². The highest BCUT2D eigenvalue weighted by molar-refractivity contribution is 7.99. The van der Waals surface area contributed by atoms with E-state index in [2.05, 4.69) is 20.3 Å². The van der Waals surface area contributed by atoms with Crippen molar-refractivity contribution in [3.63, 3.8) is 0 Å². The van der Waals surface area contributed by atoms with Crippen LogP contribution in [0.25, 0.3) is 10.2 Å². The molecule has 24 heavy (non-hydrogen) atoms. The Balaban J connectivity index is 1.64. The monoisotopic (exact) mass is 362 g/mol. The van der Waals surface area contributed by atoms with Gasteiger partial charge >= 0.3 is 0 Å². The number of carbonyl (C=O) groups is 1. The van der Waals surface area contributed by atoms with Gasteiger partial charge in [-0.15, -0.1) is 0 Å². The molecule has 10 heteroatoms. The third-order valence-electron chi connectivity index (χ3n) is 2.92. The van der Waals surface area contributed by atoms with Gasteiger partial charge in [-0.2, -0.15) is 0 Å². The van der Waals surface area contributed by atoms with E-state index in [9.17, 15) is 4.79 Å². The number of aromatic nitrogens is 3. The van der Waals surface area contributed by atoms with E-state index in [0.717, 1.165) is 27.7 Å². The van der Waals surface area contributed by atoms with E-state index in [4.69, 9.17) is 16.2 Å². The summed E-state index contributed by atoms with van der Waals surface area (Å²) in [5, 5.41) is 3.64. The van der Waals surface area contributed by atoms with E-state index in [1.165, 1.54) is 17.4 Å². The third kappa shape index (κ3) is 3.84. The molecule has 0 radical (unpaired) electrons. The minimum atomic E-state index is -0.212. The fourth-order valence-electron chi connectivity index (χ4n) is 1.90. The van der Waals surface area contributed by atoms with Gasteiger partial charge in [0.05, 0.1) is 23.1 Å². The topological polar surface area (TPSA) is 129 Å². The van der Waals surface area contributed by atoms with Gasteiger partial charge in [-0.25, -0.2) is 15.0 Å². The molecule has 0 aliphatic rings. The summed E-state index contributed by atoms with van der Waals surface area (Å²) in [5.74, 6) is 1.20. The predicted octanol–water partition coefficient (Wildman–Crippen LogP) is 1.99. The summed E-state index contributed by atoms with van der Waals surface area (Å²) in [6.07, 6.45) is 0. The standard InChI is InChI=1S/C14H14N6O2S2/c1-22-7-2-3-8-9(4-7)24-14(17-8)20-12(21)6-23-13-18-10(15)5-11(16)19-13/h2-5H,6H2,1H3,(H,17,20,21)(H4,15,16,18,19). The molecule has 3 aromatic rings. The lowest BCUT2D eigenvalue weighted by molar-refractivity contribution is -0.113. The number of nitrogens with two attached hydrogens (primary N) is 2. The summed E-state index contributed by atoms with van der Waals surface area (Å²) < 4.78 is 6.11. The van der Waals surface area contributed by atoms with Crippen molar-refractivity contribution in [2.24, 2.45) is 0 Å². The highest BCUT2D eigenvalue weighted by atomic mass is 32.2. The lowest BCUT2D eigenvalue weighted by atomic mass is 10.3. The molecule has 1 aromatic carbocycles. The van der Waals surface area contributed by atoms with Crippen LogP contribution in [0.5, 0.6) is 5.75 Å². The van der Waals surface area contributed by atoms with Gasteiger partial charge in [-0.05, 0) is 18.2 Å². The Hall–Kier alpha value is -2.59. The molecule has 0 fully saturated rings. The maximum atomic E-state index is 12.0. The molecule has 1 amide bonds. The molecule has 5 N–H and O–H groups in total. The molecule has 0 saturated heterocycles. The minimum Gasteiger partial charge on any atom is -0.497 e. The predicted molar refractivity (Wildman–Crippen MR) is 96.4 cm³/mol. The maximum absolute atomic E-state index is 12.0. The lowest BCUT2D eigenvalue weighted by Crippen LogP contribution is -2.14. The zero-order chi connectivity index (χ0) is 17.1. The molecular formula is C14H14N6O2S2. The first-order valence-electron chi connectivity index (χ1n) is 6.81. The summed E-state index contributed by atoms with van der Waals surface area (Å²) >= 11 is 2.53. The number of fused-ring (bicyclic) bond motifs is 1. The van der Waals surface area contributed by atoms with Gasteiger partial charge in [0.15, 0.2) is 10.3 Å². The van der Waals surface area contributed by atoms with Crippen LogP contribution in [-0.4, -0.2) is 33.7 Å². The number of carbonyl (C=O) groups excluding carboxylic acids is 1. The summed E-state index contributed by atoms with van der Waals surface area (Å²) in [6.45, 7) is 0. The van der Waals surface area contributed by atoms with Crippen LogP contribution in [-0.2, 0) is 4.79 Å². The highest BCUT2D eigenvalue weighted by Crippen LogP contribution is 2.29. The number of nitrogens with zero attached hydrogens (tertiary/aromatic N) is 3. The average molecular weight is 362 g/mol. The van der Waals surface area contributed by atoms with E-state index in [-0.39, 0.29) is 23.3 Å². The van der Waals surface area contributed by atoms with E-state index < -0.39 is 0 Å². The second kappa shape index (κ2) is 6.89. The maximum Gasteiger partial charge on any atom is 0.236 e. The van der Waals surface area contributed by atoms with Crippen molar-refractivity contribution in [3.05, 3.63) is 24.3 Å². The van der Waals surface area contributed by atoms with Gasteiger partial charge in [0.2, 0.25) is 5.91 Å². The molecule has 0 atom stereocenters. The fraction of sp³-hybridized carbons (Fsp3) is 0.143. The Morgan fingerprint density at radius 3 is 2.71 bits per heavy atom. The molecule has 0 saturated carbocycles. The number of hydrogen-bond donors (Lipinski definition) is 3. The molecule has 2 heterocycles. The molecule has 0 aliphatic heterocycles. The molecule has 0 aliphatic carbocycles. The number of ether oxygens (including phenoxy) is 1. The summed E-state index contributed by atoms with van der Waals surface area (Å²) in [4.78, 5) is 24.4. The van der Waals surface area contributed by atoms with Crippen LogP contribution in [0.3, 0.4) is 0 Å². The number of thiazole rings is 1. The molecule has 0 unspecified atom stereocenters. The van der Waals surface area contributed by atoms with Crippen LogP contribution in [0.15, 0.2) is 29.4 Å². The average Bonchev–Trinajstić information content (AvgIpc) is 2.93. The number of thioether (sulfide) groups is 1. The van der Waals surface area contributed by atoms with E-state index in [0.29, 0.717) is 10.3 Å². The van der Waals surface area contributed by atoms with Crippen molar-refractivity contribution in [1.82, 2.24) is 15.0 Å². The Bertz CT molecular complexity index is 878. The number of hydrogen-bond acceptors (Lipinski definition) is 9. The number of nitrogen functional groups attached to an aromatic ring is 2. The quantitative estimate of drug-likeness (QED) is 0.464. The molecule has 0 bridgehead atoms. The Kier molecular flexibility index (Phi) is 4.67. The van der Waals surface area contributed by atoms with Crippen molar-refractivity contribution < 1.29 is 9.53 Å². The molecule has 2 aromatic heterocycles. The molecular weight excluding hydrogens is 348 g/mol. The summed E-state index contributed by atoms with van der Waals surface area (Å²) in [7, 11) is 1.60. The normalized spacial score (nSPS) is 10.7. The third-order valence-corrected chi connectivity index (χ3v) is 4.70. The SMILES string of the molecule is COc1ccc2nc(NC(=O)CSc3nc(N)cc(N)n3)sc2c1. The summed E-state index contributed by atoms with van der Waals surface area (Å²) in [6, 6.07) is 7.00. The Morgan fingerprint density at radius 1 is 1.25 bits per heavy atom. The van der Waals surface area contributed by atoms with Gasteiger partial charge < -0.3 is 21.5 Å². The van der Waals surface area contributed by atoms with Crippen LogP contribution in [0.1, 0.15) is 0 Å². The van der Waals surface area contributed by atoms with Gasteiger partial charge in [-0.3, -0.25) is 4.79 Å². The number of amides is 1. The summed E-state index contributed by atoms with van der Waals surface area (Å²) in [5.41, 5.74) is 12.0. The zero-order valence-electron chi connectivity index (χ0n) is 12.6. The number of rotatable bonds is 5.